The average Bonchev–Trinajstić information content (AvgIpc) is 2.74. The molecule has 1 atom stereocenters. The number of carbonyl (C=O) groups is 2. The van der Waals surface area contributed by atoms with Gasteiger partial charge in [-0.15, -0.1) is 0 Å². The molecule has 1 N–H and O–H groups in total. The number of ether oxygens (including phenoxy) is 1. The van der Waals surface area contributed by atoms with E-state index >= 15 is 0 Å². The molecule has 0 aromatic heterocycles. The molecule has 0 spiro atoms. The van der Waals surface area contributed by atoms with Gasteiger partial charge in [0.05, 0.1) is 10.0 Å². The van der Waals surface area contributed by atoms with Crippen molar-refractivity contribution in [3.05, 3.63) is 94.0 Å². The summed E-state index contributed by atoms with van der Waals surface area (Å²) in [5, 5.41) is 3.48. The highest BCUT2D eigenvalue weighted by molar-refractivity contribution is 6.42. The van der Waals surface area contributed by atoms with Gasteiger partial charge < -0.3 is 10.1 Å². The summed E-state index contributed by atoms with van der Waals surface area (Å²) in [5.74, 6) is 0.0829. The van der Waals surface area contributed by atoms with Crippen molar-refractivity contribution in [2.45, 2.75) is 19.4 Å². The van der Waals surface area contributed by atoms with E-state index in [1.165, 1.54) is 6.07 Å². The van der Waals surface area contributed by atoms with Crippen molar-refractivity contribution in [1.82, 2.24) is 0 Å². The van der Waals surface area contributed by atoms with Gasteiger partial charge in [-0.2, -0.15) is 0 Å². The number of anilines is 1. The minimum Gasteiger partial charge on any atom is -0.482 e. The number of carbonyl (C=O) groups excluding carboxylic acids is 2. The Morgan fingerprint density at radius 2 is 1.66 bits per heavy atom. The second-order valence-electron chi connectivity index (χ2n) is 6.36. The highest BCUT2D eigenvalue weighted by Crippen LogP contribution is 2.24. The van der Waals surface area contributed by atoms with Crippen molar-refractivity contribution in [2.24, 2.45) is 0 Å². The Kier molecular flexibility index (Phi) is 6.91. The van der Waals surface area contributed by atoms with E-state index in [2.05, 4.69) is 5.32 Å². The third-order valence-corrected chi connectivity index (χ3v) is 5.01. The monoisotopic (exact) mass is 427 g/mol. The molecule has 3 aromatic carbocycles. The Bertz CT molecular complexity index is 1020. The minimum absolute atomic E-state index is 0.0849. The quantitative estimate of drug-likeness (QED) is 0.450. The van der Waals surface area contributed by atoms with E-state index in [4.69, 9.17) is 27.9 Å². The largest absolute Gasteiger partial charge is 0.482 e. The van der Waals surface area contributed by atoms with Gasteiger partial charge in [-0.3, -0.25) is 9.59 Å². The normalized spacial score (nSPS) is 11.6. The van der Waals surface area contributed by atoms with Crippen LogP contribution in [-0.2, 0) is 0 Å². The van der Waals surface area contributed by atoms with Gasteiger partial charge in [0.1, 0.15) is 5.75 Å². The molecule has 0 fully saturated rings. The fourth-order valence-corrected chi connectivity index (χ4v) is 3.06. The van der Waals surface area contributed by atoms with Crippen molar-refractivity contribution in [3.63, 3.8) is 0 Å². The Labute approximate surface area is 179 Å². The van der Waals surface area contributed by atoms with Crippen LogP contribution in [0.5, 0.6) is 5.75 Å². The molecule has 0 bridgehead atoms. The van der Waals surface area contributed by atoms with Gasteiger partial charge in [-0.05, 0) is 36.8 Å². The maximum atomic E-state index is 12.7. The first kappa shape index (κ1) is 20.9. The summed E-state index contributed by atoms with van der Waals surface area (Å²) in [5.41, 5.74) is 1.53. The summed E-state index contributed by atoms with van der Waals surface area (Å²) in [6, 6.07) is 20.6. The van der Waals surface area contributed by atoms with Crippen LogP contribution in [0.25, 0.3) is 0 Å². The number of nitrogens with one attached hydrogen (secondary N) is 1. The van der Waals surface area contributed by atoms with Crippen LogP contribution in [-0.4, -0.2) is 17.8 Å². The van der Waals surface area contributed by atoms with Crippen LogP contribution < -0.4 is 10.1 Å². The molecule has 0 radical (unpaired) electrons. The summed E-state index contributed by atoms with van der Waals surface area (Å²) < 4.78 is 5.90. The Hall–Kier alpha value is -2.82. The molecule has 4 nitrogen and oxygen atoms in total. The second kappa shape index (κ2) is 9.59. The van der Waals surface area contributed by atoms with Gasteiger partial charge in [-0.25, -0.2) is 0 Å². The molecule has 0 aliphatic heterocycles. The lowest BCUT2D eigenvalue weighted by Gasteiger charge is -2.17. The lowest BCUT2D eigenvalue weighted by molar-refractivity contribution is 0.0786. The van der Waals surface area contributed by atoms with Crippen LogP contribution in [0.3, 0.4) is 0 Å². The smallest absolute Gasteiger partial charge is 0.255 e. The fourth-order valence-electron chi connectivity index (χ4n) is 2.76. The van der Waals surface area contributed by atoms with Crippen molar-refractivity contribution >= 4 is 40.6 Å². The number of halogens is 2. The number of Topliss-reactive ketones (excluding diaryl/α,β-unsaturated/α-hetero) is 1. The van der Waals surface area contributed by atoms with Crippen molar-refractivity contribution in [1.29, 1.82) is 0 Å². The number of benzene rings is 3. The number of ketones is 1. The Morgan fingerprint density at radius 3 is 2.34 bits per heavy atom. The number of rotatable bonds is 7. The third-order valence-electron chi connectivity index (χ3n) is 4.27. The summed E-state index contributed by atoms with van der Waals surface area (Å²) in [7, 11) is 0. The molecule has 148 valence electrons. The van der Waals surface area contributed by atoms with E-state index in [0.29, 0.717) is 39.0 Å². The lowest BCUT2D eigenvalue weighted by atomic mass is 10.0. The highest BCUT2D eigenvalue weighted by atomic mass is 35.5. The Morgan fingerprint density at radius 1 is 0.897 bits per heavy atom. The van der Waals surface area contributed by atoms with Crippen LogP contribution in [0.4, 0.5) is 5.69 Å². The first-order chi connectivity index (χ1) is 14.0. The number of hydrogen-bond acceptors (Lipinski definition) is 3. The van der Waals surface area contributed by atoms with Crippen molar-refractivity contribution in [3.8, 4) is 5.75 Å². The van der Waals surface area contributed by atoms with Gasteiger partial charge in [-0.1, -0.05) is 66.5 Å². The summed E-state index contributed by atoms with van der Waals surface area (Å²) >= 11 is 11.9. The van der Waals surface area contributed by atoms with Crippen LogP contribution in [0, 0.1) is 0 Å². The molecule has 1 unspecified atom stereocenters. The van der Waals surface area contributed by atoms with Crippen LogP contribution >= 0.6 is 23.2 Å². The summed E-state index contributed by atoms with van der Waals surface area (Å²) in [6.45, 7) is 1.89. The molecular weight excluding hydrogens is 409 g/mol. The van der Waals surface area contributed by atoms with E-state index in [1.807, 2.05) is 25.1 Å². The zero-order valence-corrected chi connectivity index (χ0v) is 17.2. The van der Waals surface area contributed by atoms with Crippen LogP contribution in [0.2, 0.25) is 10.0 Å². The van der Waals surface area contributed by atoms with Crippen LogP contribution in [0.1, 0.15) is 34.1 Å². The molecule has 1 amide bonds. The summed E-state index contributed by atoms with van der Waals surface area (Å²) in [4.78, 5) is 25.1. The average molecular weight is 428 g/mol. The standard InChI is InChI=1S/C23H19Cl2NO3/c1-2-21(22(27)15-7-4-3-5-8-15)29-18-10-6-9-17(14-18)26-23(28)16-11-12-19(24)20(25)13-16/h3-14,21H,2H2,1H3,(H,26,28). The molecular formula is C23H19Cl2NO3. The molecule has 0 heterocycles. The van der Waals surface area contributed by atoms with Crippen molar-refractivity contribution < 1.29 is 14.3 Å². The van der Waals surface area contributed by atoms with Gasteiger partial charge >= 0.3 is 0 Å². The molecule has 0 aliphatic rings. The highest BCUT2D eigenvalue weighted by Gasteiger charge is 2.20. The van der Waals surface area contributed by atoms with E-state index < -0.39 is 6.10 Å². The van der Waals surface area contributed by atoms with Gasteiger partial charge in [0.25, 0.3) is 5.91 Å². The summed E-state index contributed by atoms with van der Waals surface area (Å²) in [6.07, 6.45) is -0.0912. The van der Waals surface area contributed by atoms with E-state index in [0.717, 1.165) is 0 Å². The molecule has 0 aliphatic carbocycles. The first-order valence-corrected chi connectivity index (χ1v) is 9.86. The zero-order chi connectivity index (χ0) is 20.8. The van der Waals surface area contributed by atoms with Gasteiger partial charge in [0.15, 0.2) is 6.10 Å². The van der Waals surface area contributed by atoms with Crippen molar-refractivity contribution in [2.75, 3.05) is 5.32 Å². The third kappa shape index (κ3) is 5.37. The van der Waals surface area contributed by atoms with Gasteiger partial charge in [0.2, 0.25) is 5.78 Å². The first-order valence-electron chi connectivity index (χ1n) is 9.10. The molecule has 6 heteroatoms. The molecule has 3 rings (SSSR count). The van der Waals surface area contributed by atoms with E-state index in [1.54, 1.807) is 48.5 Å². The van der Waals surface area contributed by atoms with E-state index in [-0.39, 0.29) is 11.7 Å². The minimum atomic E-state index is -0.613. The lowest BCUT2D eigenvalue weighted by Crippen LogP contribution is -2.26. The molecule has 0 saturated heterocycles. The Balaban J connectivity index is 1.72. The van der Waals surface area contributed by atoms with E-state index in [9.17, 15) is 9.59 Å². The second-order valence-corrected chi connectivity index (χ2v) is 7.17. The van der Waals surface area contributed by atoms with Crippen LogP contribution in [0.15, 0.2) is 72.8 Å². The zero-order valence-electron chi connectivity index (χ0n) is 15.7. The SMILES string of the molecule is CCC(Oc1cccc(NC(=O)c2ccc(Cl)c(Cl)c2)c1)C(=O)c1ccccc1. The molecule has 29 heavy (non-hydrogen) atoms. The topological polar surface area (TPSA) is 55.4 Å². The van der Waals surface area contributed by atoms with Gasteiger partial charge in [0, 0.05) is 22.9 Å². The number of hydrogen-bond donors (Lipinski definition) is 1. The predicted octanol–water partition coefficient (Wildman–Crippen LogP) is 6.29. The molecule has 0 saturated carbocycles. The maximum absolute atomic E-state index is 12.7. The fraction of sp³-hybridized carbons (Fsp3) is 0.130. The number of amides is 1. The maximum Gasteiger partial charge on any atom is 0.255 e. The molecule has 3 aromatic rings. The predicted molar refractivity (Wildman–Crippen MR) is 116 cm³/mol.